The fraction of sp³-hybridized carbons (Fsp3) is 0.529. The molecule has 1 rings (SSSR count). The van der Waals surface area contributed by atoms with Crippen molar-refractivity contribution in [3.63, 3.8) is 0 Å². The van der Waals surface area contributed by atoms with Gasteiger partial charge < -0.3 is 10.1 Å². The molecule has 0 spiro atoms. The van der Waals surface area contributed by atoms with E-state index in [0.29, 0.717) is 12.0 Å². The second kappa shape index (κ2) is 8.34. The molecule has 1 aromatic rings. The number of alkyl carbamates (subject to hydrolysis) is 1. The second-order valence-electron chi connectivity index (χ2n) is 6.29. The predicted octanol–water partition coefficient (Wildman–Crippen LogP) is 4.10. The average Bonchev–Trinajstić information content (AvgIpc) is 2.42. The number of carbonyl (C=O) groups excluding carboxylic acids is 2. The molecule has 0 bridgehead atoms. The van der Waals surface area contributed by atoms with Crippen LogP contribution in [0.3, 0.4) is 0 Å². The summed E-state index contributed by atoms with van der Waals surface area (Å²) in [7, 11) is 0. The molecule has 23 heavy (non-hydrogen) atoms. The largest absolute Gasteiger partial charge is 0.444 e. The van der Waals surface area contributed by atoms with Crippen molar-refractivity contribution < 1.29 is 18.7 Å². The number of rotatable bonds is 6. The lowest BCUT2D eigenvalue weighted by molar-refractivity contribution is -0.119. The van der Waals surface area contributed by atoms with Gasteiger partial charge >= 0.3 is 6.09 Å². The molecule has 0 heterocycles. The van der Waals surface area contributed by atoms with Crippen LogP contribution in [-0.2, 0) is 9.53 Å². The lowest BCUT2D eigenvalue weighted by atomic mass is 10.0. The standard InChI is InChI=1S/C17H24FNO3S/c1-11(20)14(19-16(21)22-17(2,3)4)10-15(23-5)12-8-6-7-9-13(12)18/h6-9,14-15H,10H2,1-5H3,(H,19,21)/t14-,15?/m0/s1. The lowest BCUT2D eigenvalue weighted by Gasteiger charge is -2.25. The fourth-order valence-corrected chi connectivity index (χ4v) is 2.91. The number of ether oxygens (including phenoxy) is 1. The van der Waals surface area contributed by atoms with Gasteiger partial charge in [-0.15, -0.1) is 0 Å². The number of halogens is 1. The van der Waals surface area contributed by atoms with E-state index < -0.39 is 17.7 Å². The normalized spacial score (nSPS) is 14.0. The van der Waals surface area contributed by atoms with Gasteiger partial charge in [-0.3, -0.25) is 4.79 Å². The Morgan fingerprint density at radius 1 is 1.30 bits per heavy atom. The summed E-state index contributed by atoms with van der Waals surface area (Å²) in [5, 5.41) is 2.34. The van der Waals surface area contributed by atoms with Crippen LogP contribution in [0.25, 0.3) is 0 Å². The molecule has 1 unspecified atom stereocenters. The molecule has 4 nitrogen and oxygen atoms in total. The van der Waals surface area contributed by atoms with E-state index in [1.165, 1.54) is 24.8 Å². The highest BCUT2D eigenvalue weighted by Crippen LogP contribution is 2.33. The Morgan fingerprint density at radius 3 is 2.39 bits per heavy atom. The summed E-state index contributed by atoms with van der Waals surface area (Å²) in [5.74, 6) is -0.502. The predicted molar refractivity (Wildman–Crippen MR) is 91.1 cm³/mol. The maximum absolute atomic E-state index is 14.0. The molecule has 0 aliphatic carbocycles. The Morgan fingerprint density at radius 2 is 1.91 bits per heavy atom. The zero-order valence-corrected chi connectivity index (χ0v) is 15.0. The molecule has 1 aromatic carbocycles. The van der Waals surface area contributed by atoms with Gasteiger partial charge in [0, 0.05) is 10.8 Å². The molecule has 0 aliphatic rings. The highest BCUT2D eigenvalue weighted by atomic mass is 32.2. The van der Waals surface area contributed by atoms with Gasteiger partial charge in [-0.25, -0.2) is 9.18 Å². The second-order valence-corrected chi connectivity index (χ2v) is 7.33. The topological polar surface area (TPSA) is 55.4 Å². The lowest BCUT2D eigenvalue weighted by Crippen LogP contribution is -2.43. The minimum absolute atomic E-state index is 0.189. The summed E-state index contributed by atoms with van der Waals surface area (Å²) in [6.45, 7) is 6.65. The number of carbonyl (C=O) groups is 2. The Labute approximate surface area is 141 Å². The minimum Gasteiger partial charge on any atom is -0.444 e. The van der Waals surface area contributed by atoms with E-state index in [4.69, 9.17) is 4.74 Å². The Balaban J connectivity index is 2.84. The molecular formula is C17H24FNO3S. The SMILES string of the molecule is CSC(C[C@H](NC(=O)OC(C)(C)C)C(C)=O)c1ccccc1F. The fourth-order valence-electron chi connectivity index (χ4n) is 2.08. The highest BCUT2D eigenvalue weighted by Gasteiger charge is 2.26. The summed E-state index contributed by atoms with van der Waals surface area (Å²) < 4.78 is 19.1. The molecule has 2 atom stereocenters. The quantitative estimate of drug-likeness (QED) is 0.846. The van der Waals surface area contributed by atoms with E-state index in [0.717, 1.165) is 0 Å². The number of amides is 1. The van der Waals surface area contributed by atoms with E-state index in [1.807, 2.05) is 6.26 Å². The van der Waals surface area contributed by atoms with Crippen LogP contribution in [-0.4, -0.2) is 29.8 Å². The molecule has 0 aromatic heterocycles. The molecule has 1 N–H and O–H groups in total. The summed E-state index contributed by atoms with van der Waals surface area (Å²) in [5.41, 5.74) is -0.118. The zero-order chi connectivity index (χ0) is 17.6. The molecule has 128 valence electrons. The number of ketones is 1. The van der Waals surface area contributed by atoms with Crippen molar-refractivity contribution >= 4 is 23.6 Å². The van der Waals surface area contributed by atoms with Gasteiger partial charge in [0.2, 0.25) is 0 Å². The van der Waals surface area contributed by atoms with Gasteiger partial charge in [0.25, 0.3) is 0 Å². The highest BCUT2D eigenvalue weighted by molar-refractivity contribution is 7.98. The minimum atomic E-state index is -0.720. The van der Waals surface area contributed by atoms with Crippen LogP contribution in [0.4, 0.5) is 9.18 Å². The number of hydrogen-bond acceptors (Lipinski definition) is 4. The molecule has 0 saturated carbocycles. The van der Waals surface area contributed by atoms with Crippen molar-refractivity contribution in [1.29, 1.82) is 0 Å². The van der Waals surface area contributed by atoms with Gasteiger partial charge in [-0.05, 0) is 46.4 Å². The van der Waals surface area contributed by atoms with E-state index in [2.05, 4.69) is 5.32 Å². The summed E-state index contributed by atoms with van der Waals surface area (Å²) in [6, 6.07) is 5.74. The molecule has 6 heteroatoms. The smallest absolute Gasteiger partial charge is 0.408 e. The first-order valence-corrected chi connectivity index (χ1v) is 8.70. The Bertz CT molecular complexity index is 557. The third kappa shape index (κ3) is 6.60. The third-order valence-corrected chi connectivity index (χ3v) is 4.18. The molecule has 0 fully saturated rings. The third-order valence-electron chi connectivity index (χ3n) is 3.17. The van der Waals surface area contributed by atoms with Gasteiger partial charge in [0.1, 0.15) is 11.4 Å². The van der Waals surface area contributed by atoms with Crippen molar-refractivity contribution in [3.8, 4) is 0 Å². The Kier molecular flexibility index (Phi) is 7.06. The average molecular weight is 341 g/mol. The van der Waals surface area contributed by atoms with Crippen LogP contribution >= 0.6 is 11.8 Å². The molecule has 0 aliphatic heterocycles. The van der Waals surface area contributed by atoms with Crippen LogP contribution in [0.5, 0.6) is 0 Å². The molecule has 0 radical (unpaired) electrons. The monoisotopic (exact) mass is 341 g/mol. The number of thioether (sulfide) groups is 1. The van der Waals surface area contributed by atoms with E-state index in [9.17, 15) is 14.0 Å². The Hall–Kier alpha value is -1.56. The van der Waals surface area contributed by atoms with E-state index in [-0.39, 0.29) is 16.9 Å². The van der Waals surface area contributed by atoms with Crippen LogP contribution in [0.2, 0.25) is 0 Å². The van der Waals surface area contributed by atoms with Gasteiger partial charge in [-0.2, -0.15) is 11.8 Å². The van der Waals surface area contributed by atoms with Gasteiger partial charge in [0.15, 0.2) is 5.78 Å². The van der Waals surface area contributed by atoms with E-state index in [1.54, 1.807) is 39.0 Å². The number of Topliss-reactive ketones (excluding diaryl/α,β-unsaturated/α-hetero) is 1. The van der Waals surface area contributed by atoms with Crippen LogP contribution < -0.4 is 5.32 Å². The van der Waals surface area contributed by atoms with Crippen molar-refractivity contribution in [2.24, 2.45) is 0 Å². The number of hydrogen-bond donors (Lipinski definition) is 1. The zero-order valence-electron chi connectivity index (χ0n) is 14.2. The van der Waals surface area contributed by atoms with Crippen molar-refractivity contribution in [3.05, 3.63) is 35.6 Å². The van der Waals surface area contributed by atoms with Crippen molar-refractivity contribution in [2.45, 2.75) is 51.0 Å². The first-order chi connectivity index (χ1) is 10.6. The number of nitrogens with one attached hydrogen (secondary N) is 1. The first kappa shape index (κ1) is 19.5. The number of benzene rings is 1. The summed E-state index contributed by atoms with van der Waals surface area (Å²) in [4.78, 5) is 23.7. The van der Waals surface area contributed by atoms with Crippen LogP contribution in [0, 0.1) is 5.82 Å². The molecular weight excluding hydrogens is 317 g/mol. The summed E-state index contributed by atoms with van der Waals surface area (Å²) in [6.07, 6.45) is 1.50. The maximum Gasteiger partial charge on any atom is 0.408 e. The van der Waals surface area contributed by atoms with Crippen molar-refractivity contribution in [2.75, 3.05) is 6.26 Å². The van der Waals surface area contributed by atoms with Gasteiger partial charge in [-0.1, -0.05) is 18.2 Å². The maximum atomic E-state index is 14.0. The van der Waals surface area contributed by atoms with Gasteiger partial charge in [0.05, 0.1) is 6.04 Å². The van der Waals surface area contributed by atoms with Crippen LogP contribution in [0.15, 0.2) is 24.3 Å². The molecule has 0 saturated heterocycles. The van der Waals surface area contributed by atoms with Crippen LogP contribution in [0.1, 0.15) is 44.9 Å². The first-order valence-electron chi connectivity index (χ1n) is 7.41. The summed E-state index contributed by atoms with van der Waals surface area (Å²) >= 11 is 1.44. The van der Waals surface area contributed by atoms with E-state index >= 15 is 0 Å². The molecule has 1 amide bonds. The van der Waals surface area contributed by atoms with Crippen molar-refractivity contribution in [1.82, 2.24) is 5.32 Å².